The number of imide groups is 1. The summed E-state index contributed by atoms with van der Waals surface area (Å²) in [5.41, 5.74) is 6.83. The first-order valence-corrected chi connectivity index (χ1v) is 13.2. The van der Waals surface area contributed by atoms with Crippen LogP contribution in [0.5, 0.6) is 0 Å². The number of anilines is 1. The fourth-order valence-electron chi connectivity index (χ4n) is 5.38. The number of fused-ring (bicyclic) bond motifs is 2. The van der Waals surface area contributed by atoms with Gasteiger partial charge in [-0.1, -0.05) is 42.5 Å². The minimum atomic E-state index is -4.80. The molecule has 1 saturated heterocycles. The molecule has 0 aromatic heterocycles. The van der Waals surface area contributed by atoms with Crippen molar-refractivity contribution in [3.8, 4) is 11.1 Å². The number of urea groups is 1. The van der Waals surface area contributed by atoms with Crippen molar-refractivity contribution in [3.05, 3.63) is 89.2 Å². The molecule has 1 spiro atoms. The summed E-state index contributed by atoms with van der Waals surface area (Å²) in [5, 5.41) is 2.50. The summed E-state index contributed by atoms with van der Waals surface area (Å²) in [6.07, 6.45) is -5.50. The summed E-state index contributed by atoms with van der Waals surface area (Å²) < 4.78 is 59.9. The molecule has 5 amide bonds. The van der Waals surface area contributed by atoms with Crippen LogP contribution in [0.4, 0.5) is 32.8 Å². The lowest BCUT2D eigenvalue weighted by Crippen LogP contribution is -2.51. The van der Waals surface area contributed by atoms with Gasteiger partial charge in [0.25, 0.3) is 5.91 Å². The largest absolute Gasteiger partial charge is 0.427 e. The van der Waals surface area contributed by atoms with Gasteiger partial charge >= 0.3 is 18.3 Å². The Balaban J connectivity index is 1.38. The van der Waals surface area contributed by atoms with Crippen molar-refractivity contribution in [2.24, 2.45) is 5.73 Å². The monoisotopic (exact) mass is 598 g/mol. The van der Waals surface area contributed by atoms with Crippen molar-refractivity contribution in [2.75, 3.05) is 11.9 Å². The van der Waals surface area contributed by atoms with Gasteiger partial charge in [0.15, 0.2) is 0 Å². The van der Waals surface area contributed by atoms with Gasteiger partial charge in [-0.3, -0.25) is 9.59 Å². The number of carbonyl (C=O) groups excluding carboxylic acids is 4. The first kappa shape index (κ1) is 29.5. The lowest BCUT2D eigenvalue weighted by molar-refractivity contribution is -0.187. The summed E-state index contributed by atoms with van der Waals surface area (Å²) in [7, 11) is 0. The zero-order valence-corrected chi connectivity index (χ0v) is 22.8. The predicted molar refractivity (Wildman–Crippen MR) is 146 cm³/mol. The number of rotatable bonds is 7. The van der Waals surface area contributed by atoms with Crippen LogP contribution < -0.4 is 11.1 Å². The molecular formula is C30H26F4N4O5. The number of halogens is 4. The van der Waals surface area contributed by atoms with Crippen LogP contribution >= 0.6 is 0 Å². The average Bonchev–Trinajstić information content (AvgIpc) is 3.43. The number of nitrogens with one attached hydrogen (secondary N) is 1. The van der Waals surface area contributed by atoms with Gasteiger partial charge in [-0.25, -0.2) is 18.9 Å². The van der Waals surface area contributed by atoms with Gasteiger partial charge in [0, 0.05) is 24.2 Å². The van der Waals surface area contributed by atoms with Crippen molar-refractivity contribution < 1.29 is 41.5 Å². The van der Waals surface area contributed by atoms with Crippen LogP contribution in [0.15, 0.2) is 66.7 Å². The standard InChI is InChI=1S/C30H26F4N4O5/c1-17(30(32,33)34)37(15-18-5-8-22(31)9-6-18)25(39)16-38-26(40)29(43-28(38)42)12-11-21-13-20(7-10-24(21)29)19-3-2-4-23(14-19)36-27(35)41/h2-10,13-14,17H,11-12,15-16H2,1H3,(H3,35,36,41)/t17-,29+/m0/s1. The molecule has 0 radical (unpaired) electrons. The quantitative estimate of drug-likeness (QED) is 0.368. The van der Waals surface area contributed by atoms with Crippen molar-refractivity contribution in [1.29, 1.82) is 0 Å². The van der Waals surface area contributed by atoms with Gasteiger partial charge < -0.3 is 20.7 Å². The number of aryl methyl sites for hydroxylation is 1. The number of hydrogen-bond acceptors (Lipinski definition) is 5. The summed E-state index contributed by atoms with van der Waals surface area (Å²) in [6.45, 7) is -0.699. The smallest absolute Gasteiger partial charge is 0.418 e. The molecular weight excluding hydrogens is 572 g/mol. The normalized spacial score (nSPS) is 18.4. The molecule has 224 valence electrons. The Hall–Kier alpha value is -4.94. The Morgan fingerprint density at radius 1 is 1.07 bits per heavy atom. The molecule has 2 aliphatic rings. The van der Waals surface area contributed by atoms with Crippen LogP contribution in [-0.4, -0.2) is 52.5 Å². The molecule has 9 nitrogen and oxygen atoms in total. The van der Waals surface area contributed by atoms with E-state index in [2.05, 4.69) is 5.32 Å². The first-order valence-electron chi connectivity index (χ1n) is 13.2. The second-order valence-corrected chi connectivity index (χ2v) is 10.4. The van der Waals surface area contributed by atoms with Crippen molar-refractivity contribution in [3.63, 3.8) is 0 Å². The highest BCUT2D eigenvalue weighted by molar-refractivity contribution is 6.06. The Labute approximate surface area is 243 Å². The van der Waals surface area contributed by atoms with E-state index < -0.39 is 60.7 Å². The molecule has 0 unspecified atom stereocenters. The highest BCUT2D eigenvalue weighted by Crippen LogP contribution is 2.46. The molecule has 13 heteroatoms. The van der Waals surface area contributed by atoms with E-state index in [1.54, 1.807) is 30.3 Å². The van der Waals surface area contributed by atoms with E-state index >= 15 is 0 Å². The van der Waals surface area contributed by atoms with Gasteiger partial charge in [0.1, 0.15) is 18.4 Å². The van der Waals surface area contributed by atoms with E-state index in [9.17, 15) is 36.7 Å². The molecule has 43 heavy (non-hydrogen) atoms. The number of carbonyl (C=O) groups is 4. The van der Waals surface area contributed by atoms with E-state index in [1.165, 1.54) is 12.1 Å². The second kappa shape index (κ2) is 11.0. The molecule has 3 aromatic carbocycles. The Morgan fingerprint density at radius 2 is 1.77 bits per heavy atom. The Morgan fingerprint density at radius 3 is 2.44 bits per heavy atom. The fourth-order valence-corrected chi connectivity index (χ4v) is 5.38. The number of alkyl halides is 3. The number of nitrogens with two attached hydrogens (primary N) is 1. The second-order valence-electron chi connectivity index (χ2n) is 10.4. The minimum Gasteiger partial charge on any atom is -0.427 e. The summed E-state index contributed by atoms with van der Waals surface area (Å²) in [6, 6.07) is 13.7. The number of amides is 5. The third-order valence-corrected chi connectivity index (χ3v) is 7.64. The molecule has 1 heterocycles. The first-order chi connectivity index (χ1) is 20.3. The van der Waals surface area contributed by atoms with Gasteiger partial charge in [-0.2, -0.15) is 13.2 Å². The summed E-state index contributed by atoms with van der Waals surface area (Å²) >= 11 is 0. The molecule has 5 rings (SSSR count). The van der Waals surface area contributed by atoms with Gasteiger partial charge in [0.05, 0.1) is 0 Å². The number of nitrogens with zero attached hydrogens (tertiary/aromatic N) is 2. The van der Waals surface area contributed by atoms with Gasteiger partial charge in [0.2, 0.25) is 11.5 Å². The third-order valence-electron chi connectivity index (χ3n) is 7.64. The number of ether oxygens (including phenoxy) is 1. The molecule has 3 aromatic rings. The van der Waals surface area contributed by atoms with Crippen molar-refractivity contribution in [1.82, 2.24) is 9.80 Å². The maximum atomic E-state index is 13.7. The molecule has 0 saturated carbocycles. The highest BCUT2D eigenvalue weighted by atomic mass is 19.4. The molecule has 2 atom stereocenters. The average molecular weight is 599 g/mol. The van der Waals surface area contributed by atoms with E-state index in [-0.39, 0.29) is 12.0 Å². The predicted octanol–water partition coefficient (Wildman–Crippen LogP) is 5.08. The molecule has 1 fully saturated rings. The highest BCUT2D eigenvalue weighted by Gasteiger charge is 2.58. The third kappa shape index (κ3) is 5.74. The number of benzene rings is 3. The Bertz CT molecular complexity index is 1610. The van der Waals surface area contributed by atoms with Gasteiger partial charge in [-0.05, 0) is 59.9 Å². The van der Waals surface area contributed by atoms with Crippen LogP contribution in [0, 0.1) is 5.82 Å². The van der Waals surface area contributed by atoms with Crippen LogP contribution in [-0.2, 0) is 32.9 Å². The summed E-state index contributed by atoms with van der Waals surface area (Å²) in [5.74, 6) is -2.57. The van der Waals surface area contributed by atoms with E-state index in [0.29, 0.717) is 33.0 Å². The van der Waals surface area contributed by atoms with E-state index in [1.807, 2.05) is 12.1 Å². The molecule has 1 aliphatic carbocycles. The number of hydrogen-bond donors (Lipinski definition) is 2. The van der Waals surface area contributed by atoms with Crippen molar-refractivity contribution >= 4 is 29.6 Å². The van der Waals surface area contributed by atoms with E-state index in [4.69, 9.17) is 10.5 Å². The molecule has 0 bridgehead atoms. The maximum absolute atomic E-state index is 13.7. The summed E-state index contributed by atoms with van der Waals surface area (Å²) in [4.78, 5) is 52.0. The lowest BCUT2D eigenvalue weighted by atomic mass is 9.93. The SMILES string of the molecule is C[C@H](N(Cc1ccc(F)cc1)C(=O)CN1C(=O)O[C@@]2(CCc3cc(-c4cccc(NC(N)=O)c4)ccc32)C1=O)C(F)(F)F. The van der Waals surface area contributed by atoms with Crippen LogP contribution in [0.3, 0.4) is 0 Å². The number of primary amides is 1. The van der Waals surface area contributed by atoms with Crippen LogP contribution in [0.25, 0.3) is 11.1 Å². The molecule has 1 aliphatic heterocycles. The zero-order valence-electron chi connectivity index (χ0n) is 22.8. The maximum Gasteiger partial charge on any atom is 0.418 e. The van der Waals surface area contributed by atoms with Crippen LogP contribution in [0.2, 0.25) is 0 Å². The topological polar surface area (TPSA) is 122 Å². The molecule has 3 N–H and O–H groups in total. The van der Waals surface area contributed by atoms with Gasteiger partial charge in [-0.15, -0.1) is 0 Å². The zero-order chi connectivity index (χ0) is 31.1. The lowest BCUT2D eigenvalue weighted by Gasteiger charge is -2.31. The van der Waals surface area contributed by atoms with E-state index in [0.717, 1.165) is 30.2 Å². The minimum absolute atomic E-state index is 0.0859. The van der Waals surface area contributed by atoms with Crippen molar-refractivity contribution in [2.45, 2.75) is 44.1 Å². The Kier molecular flexibility index (Phi) is 7.59. The fraction of sp³-hybridized carbons (Fsp3) is 0.267. The van der Waals surface area contributed by atoms with Crippen LogP contribution in [0.1, 0.15) is 30.0 Å².